The zero-order chi connectivity index (χ0) is 16.3. The molecule has 0 saturated carbocycles. The van der Waals surface area contributed by atoms with Crippen LogP contribution in [0.2, 0.25) is 0 Å². The normalized spacial score (nSPS) is 19.9. The Morgan fingerprint density at radius 2 is 2.32 bits per heavy atom. The topological polar surface area (TPSA) is 74.2 Å². The van der Waals surface area contributed by atoms with E-state index in [1.165, 1.54) is 0 Å². The van der Waals surface area contributed by atoms with Gasteiger partial charge in [-0.3, -0.25) is 0 Å². The molecule has 0 aromatic carbocycles. The summed E-state index contributed by atoms with van der Waals surface area (Å²) in [6, 6.07) is 2.03. The number of aromatic nitrogens is 1. The highest BCUT2D eigenvalue weighted by Crippen LogP contribution is 2.27. The lowest BCUT2D eigenvalue weighted by Gasteiger charge is -2.22. The first kappa shape index (κ1) is 16.0. The minimum Gasteiger partial charge on any atom is -0.422 e. The Kier molecular flexibility index (Phi) is 4.81. The lowest BCUT2D eigenvalue weighted by molar-refractivity contribution is 0.481. The second-order valence-electron chi connectivity index (χ2n) is 6.04. The lowest BCUT2D eigenvalue weighted by atomic mass is 9.85. The van der Waals surface area contributed by atoms with Gasteiger partial charge in [0.25, 0.3) is 5.88 Å². The minimum atomic E-state index is 0.124. The summed E-state index contributed by atoms with van der Waals surface area (Å²) in [6.07, 6.45) is 4.02. The van der Waals surface area contributed by atoms with Crippen molar-refractivity contribution in [2.24, 2.45) is 11.0 Å². The number of nitrogens with zero attached hydrogens (tertiary/aromatic N) is 3. The van der Waals surface area contributed by atoms with Crippen molar-refractivity contribution >= 4 is 11.6 Å². The van der Waals surface area contributed by atoms with Gasteiger partial charge in [0.2, 0.25) is 11.6 Å². The van der Waals surface area contributed by atoms with E-state index in [0.717, 1.165) is 29.7 Å². The van der Waals surface area contributed by atoms with Gasteiger partial charge in [0, 0.05) is 5.92 Å². The van der Waals surface area contributed by atoms with Gasteiger partial charge in [0.15, 0.2) is 0 Å². The van der Waals surface area contributed by atoms with Gasteiger partial charge in [-0.05, 0) is 38.2 Å². The van der Waals surface area contributed by atoms with Crippen molar-refractivity contribution in [3.05, 3.63) is 35.4 Å². The molecule has 5 heteroatoms. The molecule has 22 heavy (non-hydrogen) atoms. The third kappa shape index (κ3) is 3.45. The summed E-state index contributed by atoms with van der Waals surface area (Å²) in [4.78, 5) is 4.17. The van der Waals surface area contributed by atoms with Gasteiger partial charge in [0.05, 0.1) is 5.71 Å². The lowest BCUT2D eigenvalue weighted by Crippen LogP contribution is -2.16. The van der Waals surface area contributed by atoms with Crippen LogP contribution in [0.1, 0.15) is 58.0 Å². The average molecular weight is 298 g/mol. The summed E-state index contributed by atoms with van der Waals surface area (Å²) in [5, 5.41) is 13.6. The molecule has 116 valence electrons. The van der Waals surface area contributed by atoms with Crippen molar-refractivity contribution in [2.45, 2.75) is 46.5 Å². The highest BCUT2D eigenvalue weighted by atomic mass is 16.4. The maximum Gasteiger partial charge on any atom is 0.252 e. The van der Waals surface area contributed by atoms with E-state index in [1.807, 2.05) is 33.8 Å². The fourth-order valence-electron chi connectivity index (χ4n) is 2.28. The molecule has 0 fully saturated rings. The van der Waals surface area contributed by atoms with E-state index in [9.17, 15) is 0 Å². The summed E-state index contributed by atoms with van der Waals surface area (Å²) in [7, 11) is 0. The number of hydrogen-bond donors (Lipinski definition) is 1. The highest BCUT2D eigenvalue weighted by Gasteiger charge is 2.20. The van der Waals surface area contributed by atoms with Gasteiger partial charge in [-0.2, -0.15) is 10.4 Å². The summed E-state index contributed by atoms with van der Waals surface area (Å²) in [5.74, 6) is 1.39. The fourth-order valence-corrected chi connectivity index (χ4v) is 2.28. The molecule has 1 aliphatic rings. The average Bonchev–Trinajstić information content (AvgIpc) is 2.89. The number of hydrazone groups is 1. The van der Waals surface area contributed by atoms with Gasteiger partial charge in [-0.1, -0.05) is 32.1 Å². The zero-order valence-electron chi connectivity index (χ0n) is 13.6. The van der Waals surface area contributed by atoms with Crippen LogP contribution >= 0.6 is 0 Å². The van der Waals surface area contributed by atoms with Crippen LogP contribution in [0.5, 0.6) is 0 Å². The fraction of sp³-hybridized carbons (Fsp3) is 0.471. The molecule has 1 unspecified atom stereocenters. The third-order valence-electron chi connectivity index (χ3n) is 3.84. The van der Waals surface area contributed by atoms with Crippen molar-refractivity contribution in [3.8, 4) is 6.07 Å². The van der Waals surface area contributed by atoms with E-state index in [-0.39, 0.29) is 11.6 Å². The molecule has 0 bridgehead atoms. The van der Waals surface area contributed by atoms with Crippen LogP contribution in [0, 0.1) is 17.2 Å². The number of rotatable bonds is 4. The van der Waals surface area contributed by atoms with E-state index in [0.29, 0.717) is 17.7 Å². The molecule has 0 radical (unpaired) electrons. The molecule has 1 atom stereocenters. The maximum atomic E-state index is 9.13. The van der Waals surface area contributed by atoms with Gasteiger partial charge in [-0.25, -0.2) is 10.4 Å². The largest absolute Gasteiger partial charge is 0.422 e. The second kappa shape index (κ2) is 6.61. The van der Waals surface area contributed by atoms with E-state index in [1.54, 1.807) is 0 Å². The van der Waals surface area contributed by atoms with Gasteiger partial charge in [-0.15, -0.1) is 0 Å². The molecule has 0 spiro atoms. The van der Waals surface area contributed by atoms with E-state index < -0.39 is 0 Å². The predicted octanol–water partition coefficient (Wildman–Crippen LogP) is 4.37. The maximum absolute atomic E-state index is 9.13. The number of nitrogens with one attached hydrogen (secondary N) is 1. The Labute approximate surface area is 131 Å². The molecule has 1 heterocycles. The van der Waals surface area contributed by atoms with E-state index in [4.69, 9.17) is 9.68 Å². The smallest absolute Gasteiger partial charge is 0.252 e. The second-order valence-corrected chi connectivity index (χ2v) is 6.04. The Bertz CT molecular complexity index is 673. The predicted molar refractivity (Wildman–Crippen MR) is 87.7 cm³/mol. The molecule has 2 rings (SSSR count). The Morgan fingerprint density at radius 3 is 2.91 bits per heavy atom. The van der Waals surface area contributed by atoms with Crippen molar-refractivity contribution in [1.29, 1.82) is 5.26 Å². The molecule has 1 aromatic heterocycles. The molecule has 0 saturated heterocycles. The van der Waals surface area contributed by atoms with E-state index >= 15 is 0 Å². The van der Waals surface area contributed by atoms with Crippen LogP contribution in [-0.2, 0) is 0 Å². The zero-order valence-corrected chi connectivity index (χ0v) is 13.6. The molecule has 1 aromatic rings. The van der Waals surface area contributed by atoms with Crippen LogP contribution in [0.25, 0.3) is 0 Å². The summed E-state index contributed by atoms with van der Waals surface area (Å²) in [5.41, 5.74) is 6.37. The Hall–Kier alpha value is -2.35. The van der Waals surface area contributed by atoms with Crippen molar-refractivity contribution in [3.63, 3.8) is 0 Å². The standard InChI is InChI=1S/C17H22N4O/c1-10(2)13-7-6-12(5)14(8-13)20-21-17-15(9-18)19-16(22-17)11(3)4/h6,11,13,21H,1,7-8H2,2-5H3/b20-14-. The first-order valence-electron chi connectivity index (χ1n) is 7.48. The molecule has 5 nitrogen and oxygen atoms in total. The first-order chi connectivity index (χ1) is 10.4. The minimum absolute atomic E-state index is 0.124. The number of nitriles is 1. The number of anilines is 1. The van der Waals surface area contributed by atoms with Crippen LogP contribution in [0.15, 0.2) is 33.3 Å². The molecule has 0 amide bonds. The first-order valence-corrected chi connectivity index (χ1v) is 7.48. The van der Waals surface area contributed by atoms with Gasteiger partial charge < -0.3 is 4.42 Å². The Morgan fingerprint density at radius 1 is 1.59 bits per heavy atom. The quantitative estimate of drug-likeness (QED) is 0.661. The summed E-state index contributed by atoms with van der Waals surface area (Å²) in [6.45, 7) is 12.1. The Balaban J connectivity index is 2.21. The molecule has 0 aliphatic heterocycles. The van der Waals surface area contributed by atoms with E-state index in [2.05, 4.69) is 28.2 Å². The number of allylic oxidation sites excluding steroid dienone is 3. The third-order valence-corrected chi connectivity index (χ3v) is 3.84. The molecular formula is C17H22N4O. The number of oxazole rings is 1. The van der Waals surface area contributed by atoms with Gasteiger partial charge >= 0.3 is 0 Å². The molecule has 1 N–H and O–H groups in total. The highest BCUT2D eigenvalue weighted by molar-refractivity contribution is 6.01. The van der Waals surface area contributed by atoms with Crippen LogP contribution in [-0.4, -0.2) is 10.7 Å². The molecular weight excluding hydrogens is 276 g/mol. The van der Waals surface area contributed by atoms with Crippen molar-refractivity contribution in [1.82, 2.24) is 4.98 Å². The van der Waals surface area contributed by atoms with Crippen molar-refractivity contribution < 1.29 is 4.42 Å². The van der Waals surface area contributed by atoms with Crippen LogP contribution in [0.4, 0.5) is 5.88 Å². The summed E-state index contributed by atoms with van der Waals surface area (Å²) >= 11 is 0. The monoisotopic (exact) mass is 298 g/mol. The van der Waals surface area contributed by atoms with Gasteiger partial charge in [0.1, 0.15) is 6.07 Å². The SMILES string of the molecule is C=C(C)C1CC=C(C)/C(=N\Nc2oc(C(C)C)nc2C#N)C1. The van der Waals surface area contributed by atoms with Crippen molar-refractivity contribution in [2.75, 3.05) is 5.43 Å². The summed E-state index contributed by atoms with van der Waals surface area (Å²) < 4.78 is 5.58. The van der Waals surface area contributed by atoms with Crippen LogP contribution < -0.4 is 5.43 Å². The number of hydrogen-bond acceptors (Lipinski definition) is 5. The van der Waals surface area contributed by atoms with Crippen LogP contribution in [0.3, 0.4) is 0 Å². The molecule has 1 aliphatic carbocycles.